The van der Waals surface area contributed by atoms with Crippen LogP contribution in [0.3, 0.4) is 0 Å². The smallest absolute Gasteiger partial charge is 0.122 e. The zero-order valence-corrected chi connectivity index (χ0v) is 17.3. The van der Waals surface area contributed by atoms with Crippen molar-refractivity contribution >= 4 is 12.4 Å². The van der Waals surface area contributed by atoms with Crippen LogP contribution in [0.15, 0.2) is 48.5 Å². The number of nitrogens with zero attached hydrogens (tertiary/aromatic N) is 1. The maximum Gasteiger partial charge on any atom is 0.122 e. The molecule has 1 unspecified atom stereocenters. The Morgan fingerprint density at radius 1 is 0.926 bits per heavy atom. The number of likely N-dealkylation sites (tertiary alicyclic amines) is 1. The monoisotopic (exact) mass is 389 g/mol. The molecule has 0 aromatic heterocycles. The largest absolute Gasteiger partial charge is 0.494 e. The van der Waals surface area contributed by atoms with Gasteiger partial charge in [-0.25, -0.2) is 0 Å². The van der Waals surface area contributed by atoms with Crippen LogP contribution in [0.25, 0.3) is 0 Å². The minimum atomic E-state index is 0. The van der Waals surface area contributed by atoms with Crippen LogP contribution in [-0.2, 0) is 12.8 Å². The van der Waals surface area contributed by atoms with Crippen LogP contribution in [0.4, 0.5) is 0 Å². The molecule has 1 saturated heterocycles. The number of benzene rings is 2. The first kappa shape index (κ1) is 21.6. The highest BCUT2D eigenvalue weighted by Crippen LogP contribution is 2.25. The molecule has 2 aromatic carbocycles. The molecule has 4 heteroatoms. The predicted molar refractivity (Wildman–Crippen MR) is 114 cm³/mol. The molecule has 3 nitrogen and oxygen atoms in total. The lowest BCUT2D eigenvalue weighted by molar-refractivity contribution is 0.232. The van der Waals surface area contributed by atoms with Crippen LogP contribution in [0.1, 0.15) is 37.3 Å². The topological polar surface area (TPSA) is 21.7 Å². The molecule has 0 amide bonds. The summed E-state index contributed by atoms with van der Waals surface area (Å²) in [7, 11) is 2.22. The highest BCUT2D eigenvalue weighted by Gasteiger charge is 2.20. The van der Waals surface area contributed by atoms with E-state index in [0.29, 0.717) is 12.6 Å². The van der Waals surface area contributed by atoms with Crippen LogP contribution < -0.4 is 9.47 Å². The molecule has 1 aliphatic rings. The number of rotatable bonds is 9. The number of ether oxygens (including phenoxy) is 2. The van der Waals surface area contributed by atoms with E-state index in [1.54, 1.807) is 0 Å². The predicted octanol–water partition coefficient (Wildman–Crippen LogP) is 5.16. The summed E-state index contributed by atoms with van der Waals surface area (Å²) < 4.78 is 11.9. The number of halogens is 1. The Morgan fingerprint density at radius 2 is 1.52 bits per heavy atom. The van der Waals surface area contributed by atoms with Gasteiger partial charge in [-0.2, -0.15) is 0 Å². The fourth-order valence-electron chi connectivity index (χ4n) is 3.78. The van der Waals surface area contributed by atoms with Gasteiger partial charge in [0, 0.05) is 6.04 Å². The van der Waals surface area contributed by atoms with Crippen molar-refractivity contribution in [2.24, 2.45) is 0 Å². The molecular formula is C23H32ClNO2. The van der Waals surface area contributed by atoms with Gasteiger partial charge >= 0.3 is 0 Å². The molecule has 0 saturated carbocycles. The molecule has 0 bridgehead atoms. The highest BCUT2D eigenvalue weighted by molar-refractivity contribution is 5.85. The van der Waals surface area contributed by atoms with E-state index in [0.717, 1.165) is 37.4 Å². The Hall–Kier alpha value is -1.71. The Bertz CT molecular complexity index is 692. The van der Waals surface area contributed by atoms with E-state index >= 15 is 0 Å². The lowest BCUT2D eigenvalue weighted by Crippen LogP contribution is -2.26. The molecule has 3 rings (SSSR count). The van der Waals surface area contributed by atoms with Gasteiger partial charge in [0.25, 0.3) is 0 Å². The molecule has 0 spiro atoms. The number of aryl methyl sites for hydroxylation is 2. The van der Waals surface area contributed by atoms with Crippen LogP contribution in [-0.4, -0.2) is 37.7 Å². The first-order chi connectivity index (χ1) is 12.8. The van der Waals surface area contributed by atoms with Crippen molar-refractivity contribution in [1.82, 2.24) is 4.90 Å². The zero-order chi connectivity index (χ0) is 18.2. The Balaban J connectivity index is 0.00000261. The highest BCUT2D eigenvalue weighted by atomic mass is 35.5. The average molecular weight is 390 g/mol. The summed E-state index contributed by atoms with van der Waals surface area (Å²) in [6, 6.07) is 17.5. The van der Waals surface area contributed by atoms with Crippen molar-refractivity contribution in [3.05, 3.63) is 59.7 Å². The van der Waals surface area contributed by atoms with E-state index in [4.69, 9.17) is 9.47 Å². The Morgan fingerprint density at radius 3 is 2.07 bits per heavy atom. The first-order valence-corrected chi connectivity index (χ1v) is 9.89. The summed E-state index contributed by atoms with van der Waals surface area (Å²) >= 11 is 0. The fraction of sp³-hybridized carbons (Fsp3) is 0.478. The van der Waals surface area contributed by atoms with Gasteiger partial charge in [-0.15, -0.1) is 12.4 Å². The Kier molecular flexibility index (Phi) is 8.96. The maximum atomic E-state index is 6.16. The summed E-state index contributed by atoms with van der Waals surface area (Å²) in [4.78, 5) is 2.46. The molecule has 0 aliphatic carbocycles. The molecule has 1 fully saturated rings. The summed E-state index contributed by atoms with van der Waals surface area (Å²) in [5, 5.41) is 0. The third kappa shape index (κ3) is 6.15. The lowest BCUT2D eigenvalue weighted by Gasteiger charge is -2.20. The van der Waals surface area contributed by atoms with Crippen LogP contribution >= 0.6 is 12.4 Å². The quantitative estimate of drug-likeness (QED) is 0.591. The second-order valence-corrected chi connectivity index (χ2v) is 7.06. The fourth-order valence-corrected chi connectivity index (χ4v) is 3.78. The van der Waals surface area contributed by atoms with E-state index in [2.05, 4.69) is 54.4 Å². The van der Waals surface area contributed by atoms with Gasteiger partial charge in [0.05, 0.1) is 13.2 Å². The normalized spacial score (nSPS) is 16.7. The summed E-state index contributed by atoms with van der Waals surface area (Å²) in [6.07, 6.45) is 5.65. The summed E-state index contributed by atoms with van der Waals surface area (Å²) in [5.74, 6) is 2.03. The first-order valence-electron chi connectivity index (χ1n) is 9.89. The van der Waals surface area contributed by atoms with Gasteiger partial charge in [0.2, 0.25) is 0 Å². The van der Waals surface area contributed by atoms with Gasteiger partial charge in [0.1, 0.15) is 11.5 Å². The van der Waals surface area contributed by atoms with Gasteiger partial charge in [0.15, 0.2) is 0 Å². The average Bonchev–Trinajstić information content (AvgIpc) is 3.07. The standard InChI is InChI=1S/C23H31NO2.ClH/c1-3-25-22-12-6-4-9-19(22)14-15-20-10-5-7-13-23(20)26-18-16-21-11-8-17-24(21)2;/h4-7,9-10,12-13,21H,3,8,11,14-18H2,1-2H3;1H. The number of hydrogen-bond acceptors (Lipinski definition) is 3. The molecule has 2 aromatic rings. The number of hydrogen-bond donors (Lipinski definition) is 0. The van der Waals surface area contributed by atoms with E-state index in [-0.39, 0.29) is 12.4 Å². The lowest BCUT2D eigenvalue weighted by atomic mass is 10.0. The molecule has 27 heavy (non-hydrogen) atoms. The van der Waals surface area contributed by atoms with Crippen molar-refractivity contribution in [1.29, 1.82) is 0 Å². The van der Waals surface area contributed by atoms with Gasteiger partial charge in [-0.05, 0) is 75.9 Å². The van der Waals surface area contributed by atoms with Gasteiger partial charge < -0.3 is 14.4 Å². The maximum absolute atomic E-state index is 6.16. The van der Waals surface area contributed by atoms with Crippen molar-refractivity contribution in [2.45, 2.75) is 45.1 Å². The molecule has 1 aliphatic heterocycles. The minimum absolute atomic E-state index is 0. The molecule has 1 atom stereocenters. The summed E-state index contributed by atoms with van der Waals surface area (Å²) in [6.45, 7) is 4.75. The van der Waals surface area contributed by atoms with Crippen LogP contribution in [0, 0.1) is 0 Å². The number of para-hydroxylation sites is 2. The third-order valence-electron chi connectivity index (χ3n) is 5.29. The van der Waals surface area contributed by atoms with E-state index in [1.165, 1.54) is 30.5 Å². The SMILES string of the molecule is CCOc1ccccc1CCc1ccccc1OCCC1CCCN1C.Cl. The van der Waals surface area contributed by atoms with Crippen molar-refractivity contribution < 1.29 is 9.47 Å². The Labute approximate surface area is 170 Å². The van der Waals surface area contributed by atoms with E-state index < -0.39 is 0 Å². The van der Waals surface area contributed by atoms with Gasteiger partial charge in [-0.3, -0.25) is 0 Å². The van der Waals surface area contributed by atoms with E-state index in [1.807, 2.05) is 13.0 Å². The van der Waals surface area contributed by atoms with Crippen molar-refractivity contribution in [3.63, 3.8) is 0 Å². The molecular weight excluding hydrogens is 358 g/mol. The zero-order valence-electron chi connectivity index (χ0n) is 16.5. The molecule has 0 radical (unpaired) electrons. The summed E-state index contributed by atoms with van der Waals surface area (Å²) in [5.41, 5.74) is 2.54. The van der Waals surface area contributed by atoms with E-state index in [9.17, 15) is 0 Å². The van der Waals surface area contributed by atoms with Gasteiger partial charge in [-0.1, -0.05) is 36.4 Å². The minimum Gasteiger partial charge on any atom is -0.494 e. The second-order valence-electron chi connectivity index (χ2n) is 7.06. The molecule has 1 heterocycles. The second kappa shape index (κ2) is 11.2. The molecule has 148 valence electrons. The van der Waals surface area contributed by atoms with Crippen molar-refractivity contribution in [2.75, 3.05) is 26.8 Å². The third-order valence-corrected chi connectivity index (χ3v) is 5.29. The molecule has 0 N–H and O–H groups in total. The van der Waals surface area contributed by atoms with Crippen LogP contribution in [0.5, 0.6) is 11.5 Å². The van der Waals surface area contributed by atoms with Crippen LogP contribution in [0.2, 0.25) is 0 Å². The van der Waals surface area contributed by atoms with Crippen molar-refractivity contribution in [3.8, 4) is 11.5 Å².